The number of pyridine rings is 2. The van der Waals surface area contributed by atoms with E-state index in [0.717, 1.165) is 25.7 Å². The highest BCUT2D eigenvalue weighted by atomic mass is 16.5. The van der Waals surface area contributed by atoms with E-state index in [-0.39, 0.29) is 17.5 Å². The number of nitrogens with one attached hydrogen (secondary N) is 1. The van der Waals surface area contributed by atoms with E-state index in [0.29, 0.717) is 54.2 Å². The molecular formula is C22H28N5O3+. The van der Waals surface area contributed by atoms with Crippen molar-refractivity contribution < 1.29 is 14.1 Å². The van der Waals surface area contributed by atoms with Crippen LogP contribution in [0, 0.1) is 0 Å². The minimum absolute atomic E-state index is 0.162. The van der Waals surface area contributed by atoms with Gasteiger partial charge in [0.05, 0.1) is 6.54 Å². The van der Waals surface area contributed by atoms with E-state index in [1.807, 2.05) is 13.0 Å². The summed E-state index contributed by atoms with van der Waals surface area (Å²) in [5, 5.41) is 3.45. The Morgan fingerprint density at radius 2 is 2.17 bits per heavy atom. The molecule has 0 radical (unpaired) electrons. The smallest absolute Gasteiger partial charge is 0.278 e. The third kappa shape index (κ3) is 3.87. The van der Waals surface area contributed by atoms with Gasteiger partial charge in [-0.15, -0.1) is 0 Å². The monoisotopic (exact) mass is 410 g/mol. The average Bonchev–Trinajstić information content (AvgIpc) is 3.25. The van der Waals surface area contributed by atoms with Gasteiger partial charge in [0.15, 0.2) is 0 Å². The highest BCUT2D eigenvalue weighted by Gasteiger charge is 2.26. The predicted octanol–water partition coefficient (Wildman–Crippen LogP) is 1.82. The van der Waals surface area contributed by atoms with E-state index >= 15 is 0 Å². The maximum atomic E-state index is 13.2. The third-order valence-electron chi connectivity index (χ3n) is 5.67. The van der Waals surface area contributed by atoms with Crippen molar-refractivity contribution in [2.75, 3.05) is 18.9 Å². The molecule has 0 aliphatic heterocycles. The Hall–Kier alpha value is -3.00. The van der Waals surface area contributed by atoms with E-state index in [4.69, 9.17) is 10.5 Å². The molecular weight excluding hydrogens is 382 g/mol. The molecule has 3 aromatic heterocycles. The summed E-state index contributed by atoms with van der Waals surface area (Å²) in [5.41, 5.74) is 7.57. The average molecular weight is 410 g/mol. The van der Waals surface area contributed by atoms with Crippen LogP contribution in [0.25, 0.3) is 16.7 Å². The molecule has 1 saturated carbocycles. The summed E-state index contributed by atoms with van der Waals surface area (Å²) in [6.07, 6.45) is 6.56. The van der Waals surface area contributed by atoms with E-state index in [2.05, 4.69) is 10.3 Å². The van der Waals surface area contributed by atoms with Crippen LogP contribution in [0.1, 0.15) is 49.4 Å². The van der Waals surface area contributed by atoms with Gasteiger partial charge >= 0.3 is 0 Å². The number of aryl methyl sites for hydroxylation is 1. The highest BCUT2D eigenvalue weighted by Crippen LogP contribution is 2.20. The Kier molecular flexibility index (Phi) is 5.94. The molecule has 0 atom stereocenters. The number of amides is 1. The van der Waals surface area contributed by atoms with Crippen molar-refractivity contribution in [3.05, 3.63) is 46.4 Å². The lowest BCUT2D eigenvalue weighted by atomic mass is 10.1. The molecule has 1 aliphatic carbocycles. The normalized spacial score (nSPS) is 14.6. The van der Waals surface area contributed by atoms with Crippen LogP contribution in [0.15, 0.2) is 35.3 Å². The molecule has 1 fully saturated rings. The van der Waals surface area contributed by atoms with Crippen LogP contribution in [0.2, 0.25) is 0 Å². The first-order valence-corrected chi connectivity index (χ1v) is 10.6. The van der Waals surface area contributed by atoms with Gasteiger partial charge in [-0.3, -0.25) is 14.0 Å². The Morgan fingerprint density at radius 3 is 2.93 bits per heavy atom. The summed E-state index contributed by atoms with van der Waals surface area (Å²) in [7, 11) is 0. The van der Waals surface area contributed by atoms with E-state index in [1.54, 1.807) is 29.0 Å². The van der Waals surface area contributed by atoms with Gasteiger partial charge in [0.2, 0.25) is 11.5 Å². The summed E-state index contributed by atoms with van der Waals surface area (Å²) in [4.78, 5) is 30.8. The highest BCUT2D eigenvalue weighted by molar-refractivity contribution is 6.00. The number of carbonyl (C=O) groups excluding carboxylic acids is 1. The Balaban J connectivity index is 1.83. The fourth-order valence-corrected chi connectivity index (χ4v) is 4.11. The van der Waals surface area contributed by atoms with Crippen molar-refractivity contribution in [2.24, 2.45) is 0 Å². The number of hydrogen-bond donors (Lipinski definition) is 2. The van der Waals surface area contributed by atoms with Gasteiger partial charge in [-0.2, -0.15) is 0 Å². The summed E-state index contributed by atoms with van der Waals surface area (Å²) in [5.74, 6) is 0.0825. The fraction of sp³-hybridized carbons (Fsp3) is 0.455. The molecule has 3 N–H and O–H groups in total. The van der Waals surface area contributed by atoms with Gasteiger partial charge in [-0.25, -0.2) is 4.57 Å². The second kappa shape index (κ2) is 8.79. The lowest BCUT2D eigenvalue weighted by molar-refractivity contribution is -0.659. The first-order valence-electron chi connectivity index (χ1n) is 10.6. The number of nitrogens with two attached hydrogens (primary N) is 1. The zero-order valence-corrected chi connectivity index (χ0v) is 17.3. The number of carbonyl (C=O) groups is 1. The second-order valence-corrected chi connectivity index (χ2v) is 7.68. The van der Waals surface area contributed by atoms with Crippen molar-refractivity contribution in [3.63, 3.8) is 0 Å². The fourth-order valence-electron chi connectivity index (χ4n) is 4.11. The summed E-state index contributed by atoms with van der Waals surface area (Å²) in [6, 6.07) is 7.14. The molecule has 30 heavy (non-hydrogen) atoms. The Labute approximate surface area is 174 Å². The van der Waals surface area contributed by atoms with Crippen LogP contribution in [0.3, 0.4) is 0 Å². The van der Waals surface area contributed by atoms with Gasteiger partial charge in [0, 0.05) is 31.9 Å². The number of fused-ring (bicyclic) bond motifs is 2. The number of nitrogens with zero attached hydrogens (tertiary/aromatic N) is 3. The number of hydrogen-bond acceptors (Lipinski definition) is 5. The minimum atomic E-state index is -0.239. The molecule has 4 rings (SSSR count). The first-order chi connectivity index (χ1) is 14.6. The lowest BCUT2D eigenvalue weighted by Crippen LogP contribution is -2.44. The molecule has 8 heteroatoms. The Bertz CT molecular complexity index is 1140. The minimum Gasteiger partial charge on any atom is -0.382 e. The molecule has 1 aliphatic rings. The molecule has 8 nitrogen and oxygen atoms in total. The standard InChI is InChI=1S/C22H27N5O3/c1-2-30-13-7-12-27-19(23)16(21(28)24-15-8-3-4-9-15)14-17-20(27)25-18-10-5-6-11-26(18)22(17)29/h5-6,10-11,14-15,23H,2-4,7-9,12-13H2,1H3,(H,24,28)/p+1. The molecule has 0 aromatic carbocycles. The maximum Gasteiger partial charge on any atom is 0.278 e. The van der Waals surface area contributed by atoms with Crippen LogP contribution >= 0.6 is 0 Å². The van der Waals surface area contributed by atoms with E-state index in [1.165, 1.54) is 4.40 Å². The quantitative estimate of drug-likeness (QED) is 0.351. The number of aromatic nitrogens is 3. The van der Waals surface area contributed by atoms with Crippen molar-refractivity contribution in [1.82, 2.24) is 14.7 Å². The zero-order valence-electron chi connectivity index (χ0n) is 17.3. The van der Waals surface area contributed by atoms with Crippen molar-refractivity contribution in [3.8, 4) is 0 Å². The van der Waals surface area contributed by atoms with Gasteiger partial charge in [-0.1, -0.05) is 23.9 Å². The van der Waals surface area contributed by atoms with Gasteiger partial charge in [-0.05, 0) is 38.0 Å². The number of anilines is 1. The van der Waals surface area contributed by atoms with Gasteiger partial charge in [0.25, 0.3) is 17.1 Å². The van der Waals surface area contributed by atoms with Crippen molar-refractivity contribution in [2.45, 2.75) is 51.6 Å². The third-order valence-corrected chi connectivity index (χ3v) is 5.67. The van der Waals surface area contributed by atoms with Crippen LogP contribution in [-0.2, 0) is 11.3 Å². The van der Waals surface area contributed by atoms with Crippen molar-refractivity contribution >= 4 is 28.4 Å². The van der Waals surface area contributed by atoms with Gasteiger partial charge in [0.1, 0.15) is 10.9 Å². The van der Waals surface area contributed by atoms with Gasteiger partial charge < -0.3 is 15.8 Å². The predicted molar refractivity (Wildman–Crippen MR) is 114 cm³/mol. The van der Waals surface area contributed by atoms with E-state index in [9.17, 15) is 9.59 Å². The summed E-state index contributed by atoms with van der Waals surface area (Å²) < 4.78 is 8.71. The van der Waals surface area contributed by atoms with Crippen LogP contribution in [-0.4, -0.2) is 34.5 Å². The molecule has 1 amide bonds. The first kappa shape index (κ1) is 20.3. The second-order valence-electron chi connectivity index (χ2n) is 7.68. The largest absolute Gasteiger partial charge is 0.382 e. The molecule has 3 aromatic rings. The number of ether oxygens (including phenoxy) is 1. The Morgan fingerprint density at radius 1 is 1.37 bits per heavy atom. The van der Waals surface area contributed by atoms with Crippen LogP contribution in [0.4, 0.5) is 5.82 Å². The molecule has 3 heterocycles. The summed E-state index contributed by atoms with van der Waals surface area (Å²) in [6.45, 7) is 3.65. The lowest BCUT2D eigenvalue weighted by Gasteiger charge is -2.15. The molecule has 158 valence electrons. The topological polar surface area (TPSA) is 103 Å². The summed E-state index contributed by atoms with van der Waals surface area (Å²) >= 11 is 0. The molecule has 0 bridgehead atoms. The zero-order chi connectivity index (χ0) is 21.1. The SMILES string of the molecule is CCOCCC[n+]1c(N)c(C(=O)NC2CCCC2)cc2c(=O)n3ccccc3nc21. The van der Waals surface area contributed by atoms with Crippen LogP contribution < -0.4 is 21.2 Å². The van der Waals surface area contributed by atoms with Crippen LogP contribution in [0.5, 0.6) is 0 Å². The molecule has 0 saturated heterocycles. The number of nitrogen functional groups attached to an aromatic ring is 1. The molecule has 0 unspecified atom stereocenters. The molecule has 0 spiro atoms. The van der Waals surface area contributed by atoms with Crippen molar-refractivity contribution in [1.29, 1.82) is 0 Å². The van der Waals surface area contributed by atoms with E-state index < -0.39 is 0 Å². The maximum absolute atomic E-state index is 13.2. The number of rotatable bonds is 7.